The molecule has 2 aromatic rings. The van der Waals surface area contributed by atoms with Crippen LogP contribution in [0.1, 0.15) is 31.3 Å². The van der Waals surface area contributed by atoms with Crippen LogP contribution in [0.4, 0.5) is 16.3 Å². The van der Waals surface area contributed by atoms with Crippen LogP contribution in [0.15, 0.2) is 36.4 Å². The van der Waals surface area contributed by atoms with Crippen molar-refractivity contribution in [2.24, 2.45) is 0 Å². The standard InChI is InChI=1S/C25H35N7O2/c1-19(2)24-26-20(3)17-22(28-24)30-11-9-29(10-12-30)18-23(33)31-13-15-32(16-14-31)25(34)27-21-7-5-4-6-8-21/h4-8,17,19H,9-16,18H2,1-3H3,(H,27,34). The predicted molar refractivity (Wildman–Crippen MR) is 133 cm³/mol. The molecule has 0 atom stereocenters. The van der Waals surface area contributed by atoms with Crippen LogP contribution in [-0.4, -0.2) is 95.5 Å². The smallest absolute Gasteiger partial charge is 0.321 e. The summed E-state index contributed by atoms with van der Waals surface area (Å²) >= 11 is 0. The Balaban J connectivity index is 1.22. The van der Waals surface area contributed by atoms with E-state index in [9.17, 15) is 9.59 Å². The van der Waals surface area contributed by atoms with E-state index in [1.165, 1.54) is 0 Å². The molecule has 2 fully saturated rings. The summed E-state index contributed by atoms with van der Waals surface area (Å²) in [6.07, 6.45) is 0. The molecule has 0 unspecified atom stereocenters. The van der Waals surface area contributed by atoms with Crippen molar-refractivity contribution in [2.45, 2.75) is 26.7 Å². The minimum Gasteiger partial charge on any atom is -0.354 e. The van der Waals surface area contributed by atoms with Crippen molar-refractivity contribution in [2.75, 3.05) is 69.1 Å². The zero-order chi connectivity index (χ0) is 24.1. The van der Waals surface area contributed by atoms with Crippen molar-refractivity contribution < 1.29 is 9.59 Å². The molecule has 182 valence electrons. The highest BCUT2D eigenvalue weighted by Crippen LogP contribution is 2.19. The Bertz CT molecular complexity index is 982. The van der Waals surface area contributed by atoms with Gasteiger partial charge in [0.1, 0.15) is 11.6 Å². The van der Waals surface area contributed by atoms with E-state index >= 15 is 0 Å². The highest BCUT2D eigenvalue weighted by Gasteiger charge is 2.27. The number of aryl methyl sites for hydroxylation is 1. The van der Waals surface area contributed by atoms with Gasteiger partial charge in [0.2, 0.25) is 5.91 Å². The van der Waals surface area contributed by atoms with E-state index in [0.717, 1.165) is 49.2 Å². The van der Waals surface area contributed by atoms with Gasteiger partial charge in [-0.2, -0.15) is 0 Å². The van der Waals surface area contributed by atoms with Crippen molar-refractivity contribution in [3.8, 4) is 0 Å². The molecule has 0 saturated carbocycles. The molecule has 1 N–H and O–H groups in total. The van der Waals surface area contributed by atoms with Crippen LogP contribution in [0.2, 0.25) is 0 Å². The average molecular weight is 466 g/mol. The number of aromatic nitrogens is 2. The molecule has 2 saturated heterocycles. The molecule has 0 bridgehead atoms. The fraction of sp³-hybridized carbons (Fsp3) is 0.520. The lowest BCUT2D eigenvalue weighted by atomic mass is 10.2. The van der Waals surface area contributed by atoms with Gasteiger partial charge in [0.05, 0.1) is 6.54 Å². The highest BCUT2D eigenvalue weighted by molar-refractivity contribution is 5.89. The first-order chi connectivity index (χ1) is 16.4. The molecular formula is C25H35N7O2. The lowest BCUT2D eigenvalue weighted by Gasteiger charge is -2.38. The number of rotatable bonds is 5. The second-order valence-corrected chi connectivity index (χ2v) is 9.31. The number of nitrogens with zero attached hydrogens (tertiary/aromatic N) is 6. The molecular weight excluding hydrogens is 430 g/mol. The number of carbonyl (C=O) groups is 2. The Kier molecular flexibility index (Phi) is 7.62. The van der Waals surface area contributed by atoms with Crippen LogP contribution in [0.25, 0.3) is 0 Å². The molecule has 4 rings (SSSR count). The van der Waals surface area contributed by atoms with Crippen molar-refractivity contribution in [1.82, 2.24) is 24.7 Å². The molecule has 3 amide bonds. The lowest BCUT2D eigenvalue weighted by molar-refractivity contribution is -0.133. The lowest BCUT2D eigenvalue weighted by Crippen LogP contribution is -2.55. The van der Waals surface area contributed by atoms with E-state index in [1.54, 1.807) is 4.90 Å². The number of hydrogen-bond acceptors (Lipinski definition) is 6. The molecule has 9 nitrogen and oxygen atoms in total. The second-order valence-electron chi connectivity index (χ2n) is 9.31. The first-order valence-corrected chi connectivity index (χ1v) is 12.1. The number of para-hydroxylation sites is 1. The molecule has 2 aliphatic heterocycles. The van der Waals surface area contributed by atoms with Crippen LogP contribution >= 0.6 is 0 Å². The third kappa shape index (κ3) is 6.02. The van der Waals surface area contributed by atoms with E-state index in [1.807, 2.05) is 48.2 Å². The van der Waals surface area contributed by atoms with Gasteiger partial charge in [-0.1, -0.05) is 32.0 Å². The molecule has 1 aromatic carbocycles. The topological polar surface area (TPSA) is 84.9 Å². The van der Waals surface area contributed by atoms with Crippen LogP contribution in [0.3, 0.4) is 0 Å². The van der Waals surface area contributed by atoms with Gasteiger partial charge < -0.3 is 20.0 Å². The number of hydrogen-bond donors (Lipinski definition) is 1. The number of urea groups is 1. The van der Waals surface area contributed by atoms with Gasteiger partial charge in [-0.05, 0) is 19.1 Å². The maximum Gasteiger partial charge on any atom is 0.321 e. The molecule has 34 heavy (non-hydrogen) atoms. The van der Waals surface area contributed by atoms with E-state index in [4.69, 9.17) is 4.98 Å². The van der Waals surface area contributed by atoms with Gasteiger partial charge in [0.25, 0.3) is 0 Å². The minimum absolute atomic E-state index is 0.116. The Hall–Kier alpha value is -3.20. The Morgan fingerprint density at radius 3 is 2.21 bits per heavy atom. The number of benzene rings is 1. The summed E-state index contributed by atoms with van der Waals surface area (Å²) < 4.78 is 0. The third-order valence-corrected chi connectivity index (χ3v) is 6.37. The summed E-state index contributed by atoms with van der Waals surface area (Å²) in [6.45, 7) is 12.2. The normalized spacial score (nSPS) is 17.2. The Morgan fingerprint density at radius 2 is 1.56 bits per heavy atom. The van der Waals surface area contributed by atoms with Gasteiger partial charge in [-0.15, -0.1) is 0 Å². The van der Waals surface area contributed by atoms with E-state index < -0.39 is 0 Å². The number of anilines is 2. The van der Waals surface area contributed by atoms with Crippen LogP contribution in [-0.2, 0) is 4.79 Å². The fourth-order valence-electron chi connectivity index (χ4n) is 4.30. The number of piperazine rings is 2. The SMILES string of the molecule is Cc1cc(N2CCN(CC(=O)N3CCN(C(=O)Nc4ccccc4)CC3)CC2)nc(C(C)C)n1. The van der Waals surface area contributed by atoms with E-state index in [0.29, 0.717) is 38.6 Å². The third-order valence-electron chi connectivity index (χ3n) is 6.37. The first-order valence-electron chi connectivity index (χ1n) is 12.1. The first kappa shape index (κ1) is 23.9. The quantitative estimate of drug-likeness (QED) is 0.730. The molecule has 0 spiro atoms. The second kappa shape index (κ2) is 10.8. The summed E-state index contributed by atoms with van der Waals surface area (Å²) in [4.78, 5) is 42.8. The van der Waals surface area contributed by atoms with Gasteiger partial charge in [-0.3, -0.25) is 9.69 Å². The van der Waals surface area contributed by atoms with Crippen molar-refractivity contribution in [3.63, 3.8) is 0 Å². The molecule has 1 aromatic heterocycles. The monoisotopic (exact) mass is 465 g/mol. The van der Waals surface area contributed by atoms with Crippen molar-refractivity contribution in [3.05, 3.63) is 47.9 Å². The molecule has 2 aliphatic rings. The number of amides is 3. The molecule has 0 radical (unpaired) electrons. The van der Waals surface area contributed by atoms with E-state index in [-0.39, 0.29) is 11.9 Å². The van der Waals surface area contributed by atoms with Crippen LogP contribution < -0.4 is 10.2 Å². The number of nitrogens with one attached hydrogen (secondary N) is 1. The number of carbonyl (C=O) groups excluding carboxylic acids is 2. The maximum absolute atomic E-state index is 12.9. The Morgan fingerprint density at radius 1 is 0.912 bits per heavy atom. The van der Waals surface area contributed by atoms with Crippen LogP contribution in [0, 0.1) is 6.92 Å². The van der Waals surface area contributed by atoms with Crippen molar-refractivity contribution in [1.29, 1.82) is 0 Å². The van der Waals surface area contributed by atoms with Gasteiger partial charge in [0.15, 0.2) is 0 Å². The zero-order valence-electron chi connectivity index (χ0n) is 20.4. The summed E-state index contributed by atoms with van der Waals surface area (Å²) in [5.41, 5.74) is 1.77. The minimum atomic E-state index is -0.116. The summed E-state index contributed by atoms with van der Waals surface area (Å²) in [5, 5.41) is 2.91. The molecule has 0 aliphatic carbocycles. The average Bonchev–Trinajstić information content (AvgIpc) is 2.85. The summed E-state index contributed by atoms with van der Waals surface area (Å²) in [6, 6.07) is 11.4. The Labute approximate surface area is 201 Å². The molecule has 3 heterocycles. The highest BCUT2D eigenvalue weighted by atomic mass is 16.2. The van der Waals surface area contributed by atoms with Gasteiger partial charge in [0, 0.05) is 75.7 Å². The molecule has 9 heteroatoms. The zero-order valence-corrected chi connectivity index (χ0v) is 20.4. The van der Waals surface area contributed by atoms with Gasteiger partial charge >= 0.3 is 6.03 Å². The largest absolute Gasteiger partial charge is 0.354 e. The fourth-order valence-corrected chi connectivity index (χ4v) is 4.30. The van der Waals surface area contributed by atoms with Crippen molar-refractivity contribution >= 4 is 23.4 Å². The predicted octanol–water partition coefficient (Wildman–Crippen LogP) is 2.41. The maximum atomic E-state index is 12.9. The van der Waals surface area contributed by atoms with Crippen LogP contribution in [0.5, 0.6) is 0 Å². The summed E-state index contributed by atoms with van der Waals surface area (Å²) in [7, 11) is 0. The van der Waals surface area contributed by atoms with Gasteiger partial charge in [-0.25, -0.2) is 14.8 Å². The van der Waals surface area contributed by atoms with E-state index in [2.05, 4.69) is 33.9 Å². The summed E-state index contributed by atoms with van der Waals surface area (Å²) in [5.74, 6) is 2.29.